The van der Waals surface area contributed by atoms with Gasteiger partial charge in [0.2, 0.25) is 0 Å². The van der Waals surface area contributed by atoms with Crippen LogP contribution in [0.15, 0.2) is 18.2 Å². The first-order valence-electron chi connectivity index (χ1n) is 5.23. The molecule has 1 aromatic rings. The predicted octanol–water partition coefficient (Wildman–Crippen LogP) is 2.36. The zero-order valence-corrected chi connectivity index (χ0v) is 9.53. The third kappa shape index (κ3) is 3.15. The molecule has 1 aromatic carbocycles. The minimum Gasteiger partial charge on any atom is -0.507 e. The molecule has 0 bridgehead atoms. The lowest BCUT2D eigenvalue weighted by atomic mass is 10.2. The van der Waals surface area contributed by atoms with Gasteiger partial charge in [0, 0.05) is 6.07 Å². The quantitative estimate of drug-likeness (QED) is 0.616. The van der Waals surface area contributed by atoms with Gasteiger partial charge in [0.1, 0.15) is 17.1 Å². The van der Waals surface area contributed by atoms with Gasteiger partial charge >= 0.3 is 5.97 Å². The predicted molar refractivity (Wildman–Crippen MR) is 59.8 cm³/mol. The topological polar surface area (TPSA) is 55.8 Å². The summed E-state index contributed by atoms with van der Waals surface area (Å²) in [5, 5.41) is 9.57. The molecule has 0 saturated heterocycles. The molecule has 0 saturated carbocycles. The van der Waals surface area contributed by atoms with E-state index in [1.165, 1.54) is 19.2 Å². The van der Waals surface area contributed by atoms with E-state index in [2.05, 4.69) is 0 Å². The Hall–Kier alpha value is -1.71. The van der Waals surface area contributed by atoms with Crippen molar-refractivity contribution >= 4 is 5.97 Å². The highest BCUT2D eigenvalue weighted by Gasteiger charge is 2.12. The lowest BCUT2D eigenvalue weighted by Crippen LogP contribution is -2.06. The molecule has 0 fully saturated rings. The highest BCUT2D eigenvalue weighted by Crippen LogP contribution is 2.23. The molecule has 0 aliphatic heterocycles. The van der Waals surface area contributed by atoms with Crippen LogP contribution >= 0.6 is 0 Å². The van der Waals surface area contributed by atoms with Crippen LogP contribution in [0.1, 0.15) is 30.1 Å². The van der Waals surface area contributed by atoms with Crippen LogP contribution in [0.3, 0.4) is 0 Å². The fourth-order valence-corrected chi connectivity index (χ4v) is 1.20. The molecule has 0 aliphatic carbocycles. The largest absolute Gasteiger partial charge is 0.507 e. The number of aromatic hydroxyl groups is 1. The average Bonchev–Trinajstić information content (AvgIpc) is 2.29. The number of carbonyl (C=O) groups excluding carboxylic acids is 1. The normalized spacial score (nSPS) is 9.88. The second kappa shape index (κ2) is 6.00. The van der Waals surface area contributed by atoms with Gasteiger partial charge < -0.3 is 14.6 Å². The third-order valence-electron chi connectivity index (χ3n) is 2.16. The highest BCUT2D eigenvalue weighted by atomic mass is 16.5. The van der Waals surface area contributed by atoms with Gasteiger partial charge in [0.15, 0.2) is 0 Å². The van der Waals surface area contributed by atoms with Crippen LogP contribution in [0.5, 0.6) is 11.5 Å². The number of hydrogen-bond acceptors (Lipinski definition) is 4. The maximum atomic E-state index is 11.5. The molecule has 16 heavy (non-hydrogen) atoms. The molecule has 0 radical (unpaired) electrons. The fourth-order valence-electron chi connectivity index (χ4n) is 1.20. The van der Waals surface area contributed by atoms with E-state index in [4.69, 9.17) is 9.47 Å². The van der Waals surface area contributed by atoms with Crippen molar-refractivity contribution in [2.45, 2.75) is 19.8 Å². The highest BCUT2D eigenvalue weighted by molar-refractivity contribution is 5.92. The van der Waals surface area contributed by atoms with Gasteiger partial charge in [-0.3, -0.25) is 0 Å². The number of phenols is 1. The van der Waals surface area contributed by atoms with Crippen LogP contribution in [0.25, 0.3) is 0 Å². The Morgan fingerprint density at radius 3 is 2.75 bits per heavy atom. The Balaban J connectivity index is 2.68. The van der Waals surface area contributed by atoms with E-state index in [9.17, 15) is 9.90 Å². The van der Waals surface area contributed by atoms with Crippen molar-refractivity contribution in [2.24, 2.45) is 0 Å². The van der Waals surface area contributed by atoms with Gasteiger partial charge in [-0.1, -0.05) is 13.3 Å². The first kappa shape index (κ1) is 12.4. The van der Waals surface area contributed by atoms with Crippen molar-refractivity contribution in [2.75, 3.05) is 13.7 Å². The molecule has 0 amide bonds. The molecule has 0 aliphatic rings. The smallest absolute Gasteiger partial charge is 0.341 e. The first-order valence-corrected chi connectivity index (χ1v) is 5.23. The molecular formula is C12H16O4. The summed E-state index contributed by atoms with van der Waals surface area (Å²) in [7, 11) is 1.49. The van der Waals surface area contributed by atoms with Crippen molar-refractivity contribution < 1.29 is 19.4 Å². The van der Waals surface area contributed by atoms with Crippen LogP contribution in [0.4, 0.5) is 0 Å². The Bertz CT molecular complexity index is 360. The Morgan fingerprint density at radius 2 is 2.19 bits per heavy atom. The van der Waals surface area contributed by atoms with E-state index >= 15 is 0 Å². The molecule has 4 heteroatoms. The maximum Gasteiger partial charge on any atom is 0.341 e. The number of hydrogen-bond donors (Lipinski definition) is 1. The molecule has 1 N–H and O–H groups in total. The Labute approximate surface area is 94.8 Å². The molecule has 4 nitrogen and oxygen atoms in total. The van der Waals surface area contributed by atoms with E-state index in [-0.39, 0.29) is 11.3 Å². The van der Waals surface area contributed by atoms with Gasteiger partial charge in [-0.25, -0.2) is 4.79 Å². The number of esters is 1. The summed E-state index contributed by atoms with van der Waals surface area (Å²) in [6, 6.07) is 4.48. The number of ether oxygens (including phenoxy) is 2. The second-order valence-electron chi connectivity index (χ2n) is 3.37. The first-order chi connectivity index (χ1) is 7.69. The molecule has 0 atom stereocenters. The Kier molecular flexibility index (Phi) is 4.64. The van der Waals surface area contributed by atoms with Crippen molar-refractivity contribution in [3.8, 4) is 11.5 Å². The van der Waals surface area contributed by atoms with Gasteiger partial charge in [-0.2, -0.15) is 0 Å². The van der Waals surface area contributed by atoms with Crippen molar-refractivity contribution in [1.29, 1.82) is 0 Å². The van der Waals surface area contributed by atoms with Crippen molar-refractivity contribution in [1.82, 2.24) is 0 Å². The van der Waals surface area contributed by atoms with E-state index in [0.29, 0.717) is 12.4 Å². The van der Waals surface area contributed by atoms with Gasteiger partial charge in [0.25, 0.3) is 0 Å². The Morgan fingerprint density at radius 1 is 1.44 bits per heavy atom. The van der Waals surface area contributed by atoms with Gasteiger partial charge in [-0.15, -0.1) is 0 Å². The average molecular weight is 224 g/mol. The monoisotopic (exact) mass is 224 g/mol. The minimum atomic E-state index is -0.506. The molecule has 1 rings (SSSR count). The standard InChI is InChI=1S/C12H16O4/c1-3-4-7-16-12(14)10-6-5-9(15-2)8-11(10)13/h5-6,8,13H,3-4,7H2,1-2H3. The number of unbranched alkanes of at least 4 members (excludes halogenated alkanes) is 1. The van der Waals surface area contributed by atoms with E-state index in [1.807, 2.05) is 6.92 Å². The van der Waals surface area contributed by atoms with Gasteiger partial charge in [0.05, 0.1) is 13.7 Å². The summed E-state index contributed by atoms with van der Waals surface area (Å²) in [6.45, 7) is 2.39. The summed E-state index contributed by atoms with van der Waals surface area (Å²) >= 11 is 0. The van der Waals surface area contributed by atoms with Crippen molar-refractivity contribution in [3.63, 3.8) is 0 Å². The van der Waals surface area contributed by atoms with Crippen LogP contribution < -0.4 is 4.74 Å². The zero-order valence-electron chi connectivity index (χ0n) is 9.53. The summed E-state index contributed by atoms with van der Waals surface area (Å²) in [4.78, 5) is 11.5. The minimum absolute atomic E-state index is 0.124. The number of carbonyl (C=O) groups is 1. The summed E-state index contributed by atoms with van der Waals surface area (Å²) < 4.78 is 9.90. The van der Waals surface area contributed by atoms with Crippen LogP contribution in [0, 0.1) is 0 Å². The van der Waals surface area contributed by atoms with Crippen LogP contribution in [-0.2, 0) is 4.74 Å². The molecule has 0 aromatic heterocycles. The second-order valence-corrected chi connectivity index (χ2v) is 3.37. The maximum absolute atomic E-state index is 11.5. The van der Waals surface area contributed by atoms with Gasteiger partial charge in [-0.05, 0) is 18.6 Å². The SMILES string of the molecule is CCCCOC(=O)c1ccc(OC)cc1O. The van der Waals surface area contributed by atoms with E-state index in [1.54, 1.807) is 6.07 Å². The summed E-state index contributed by atoms with van der Waals surface area (Å²) in [6.07, 6.45) is 1.78. The van der Waals surface area contributed by atoms with Crippen LogP contribution in [0.2, 0.25) is 0 Å². The zero-order chi connectivity index (χ0) is 12.0. The molecule has 0 heterocycles. The molecule has 0 spiro atoms. The number of methoxy groups -OCH3 is 1. The molecule has 0 unspecified atom stereocenters. The van der Waals surface area contributed by atoms with Crippen LogP contribution in [-0.4, -0.2) is 24.8 Å². The third-order valence-corrected chi connectivity index (χ3v) is 2.16. The summed E-state index contributed by atoms with van der Waals surface area (Å²) in [5.41, 5.74) is 0.164. The molecule has 88 valence electrons. The number of benzene rings is 1. The van der Waals surface area contributed by atoms with E-state index < -0.39 is 5.97 Å². The van der Waals surface area contributed by atoms with E-state index in [0.717, 1.165) is 12.8 Å². The lowest BCUT2D eigenvalue weighted by Gasteiger charge is -2.07. The van der Waals surface area contributed by atoms with Crippen molar-refractivity contribution in [3.05, 3.63) is 23.8 Å². The number of rotatable bonds is 5. The number of phenolic OH excluding ortho intramolecular Hbond substituents is 1. The lowest BCUT2D eigenvalue weighted by molar-refractivity contribution is 0.0496. The summed E-state index contributed by atoms with van der Waals surface area (Å²) in [5.74, 6) is -0.128. The molecular weight excluding hydrogens is 208 g/mol. The fraction of sp³-hybridized carbons (Fsp3) is 0.417.